The predicted molar refractivity (Wildman–Crippen MR) is 86.8 cm³/mol. The van der Waals surface area contributed by atoms with Gasteiger partial charge in [-0.15, -0.1) is 0 Å². The Morgan fingerprint density at radius 2 is 1.00 bits per heavy atom. The average Bonchev–Trinajstić information content (AvgIpc) is 2.70. The van der Waals surface area contributed by atoms with Crippen molar-refractivity contribution in [3.8, 4) is 0 Å². The zero-order valence-electron chi connectivity index (χ0n) is 12.1. The molecule has 3 rings (SSSR count). The van der Waals surface area contributed by atoms with Crippen LogP contribution < -0.4 is 5.69 Å². The van der Waals surface area contributed by atoms with E-state index in [1.54, 1.807) is 0 Å². The van der Waals surface area contributed by atoms with Gasteiger partial charge in [-0.3, -0.25) is 0 Å². The second kappa shape index (κ2) is 6.76. The van der Waals surface area contributed by atoms with E-state index in [2.05, 4.69) is 9.97 Å². The highest BCUT2D eigenvalue weighted by atomic mass is 16.1. The summed E-state index contributed by atoms with van der Waals surface area (Å²) in [5.74, 6) is 0. The number of nitrogens with zero attached hydrogens (tertiary/aromatic N) is 2. The van der Waals surface area contributed by atoms with E-state index in [1.165, 1.54) is 0 Å². The molecule has 22 heavy (non-hydrogen) atoms. The Morgan fingerprint density at radius 3 is 1.41 bits per heavy atom. The van der Waals surface area contributed by atoms with E-state index < -0.39 is 5.69 Å². The van der Waals surface area contributed by atoms with Crippen molar-refractivity contribution in [2.24, 2.45) is 0 Å². The minimum atomic E-state index is -0.429. The van der Waals surface area contributed by atoms with Crippen molar-refractivity contribution in [3.63, 3.8) is 0 Å². The minimum Gasteiger partial charge on any atom is -0.244 e. The third-order valence-electron chi connectivity index (χ3n) is 3.40. The molecule has 108 valence electrons. The largest absolute Gasteiger partial charge is 0.367 e. The summed E-state index contributed by atoms with van der Waals surface area (Å²) >= 11 is 0. The number of hydrogen-bond donors (Lipinski definition) is 0. The van der Waals surface area contributed by atoms with Crippen LogP contribution in [0.25, 0.3) is 0 Å². The third kappa shape index (κ3) is 3.85. The molecule has 0 atom stereocenters. The summed E-state index contributed by atoms with van der Waals surface area (Å²) in [5, 5.41) is 0. The highest BCUT2D eigenvalue weighted by molar-refractivity contribution is 5.24. The van der Waals surface area contributed by atoms with Crippen molar-refractivity contribution in [3.05, 3.63) is 106 Å². The molecule has 0 saturated heterocycles. The van der Waals surface area contributed by atoms with Gasteiger partial charge in [-0.05, 0) is 23.3 Å². The van der Waals surface area contributed by atoms with Crippen LogP contribution in [0.5, 0.6) is 0 Å². The van der Waals surface area contributed by atoms with E-state index in [9.17, 15) is 4.79 Å². The number of benzene rings is 2. The molecule has 2 aromatic carbocycles. The molecule has 0 unspecified atom stereocenters. The molecule has 0 spiro atoms. The summed E-state index contributed by atoms with van der Waals surface area (Å²) in [6.07, 6.45) is 1.27. The Labute approximate surface area is 129 Å². The topological polar surface area (TPSA) is 42.9 Å². The highest BCUT2D eigenvalue weighted by Crippen LogP contribution is 2.08. The molecule has 0 fully saturated rings. The summed E-state index contributed by atoms with van der Waals surface area (Å²) in [7, 11) is 0. The van der Waals surface area contributed by atoms with Crippen LogP contribution in [-0.4, -0.2) is 9.97 Å². The zero-order valence-corrected chi connectivity index (χ0v) is 12.1. The smallest absolute Gasteiger partial charge is 0.244 e. The van der Waals surface area contributed by atoms with Gasteiger partial charge in [0.2, 0.25) is 0 Å². The molecule has 0 amide bonds. The summed E-state index contributed by atoms with van der Waals surface area (Å²) in [6, 6.07) is 23.7. The first-order valence-electron chi connectivity index (χ1n) is 7.24. The minimum absolute atomic E-state index is 0.429. The Balaban J connectivity index is 1.85. The molecule has 0 saturated carbocycles. The van der Waals surface area contributed by atoms with Gasteiger partial charge < -0.3 is 0 Å². The van der Waals surface area contributed by atoms with Crippen molar-refractivity contribution in [2.75, 3.05) is 0 Å². The van der Waals surface area contributed by atoms with Crippen LogP contribution in [0.3, 0.4) is 0 Å². The number of rotatable bonds is 4. The van der Waals surface area contributed by atoms with Gasteiger partial charge in [-0.1, -0.05) is 60.7 Å². The van der Waals surface area contributed by atoms with E-state index in [0.717, 1.165) is 22.5 Å². The fourth-order valence-electron chi connectivity index (χ4n) is 2.34. The Kier molecular flexibility index (Phi) is 4.35. The maximum atomic E-state index is 11.9. The van der Waals surface area contributed by atoms with Gasteiger partial charge in [-0.2, -0.15) is 9.97 Å². The zero-order chi connectivity index (χ0) is 15.2. The molecule has 3 heteroatoms. The van der Waals surface area contributed by atoms with Crippen LogP contribution >= 0.6 is 0 Å². The van der Waals surface area contributed by atoms with Gasteiger partial charge in [0.15, 0.2) is 0 Å². The van der Waals surface area contributed by atoms with E-state index in [4.69, 9.17) is 0 Å². The summed E-state index contributed by atoms with van der Waals surface area (Å²) < 4.78 is 0. The first-order chi connectivity index (χ1) is 10.8. The normalized spacial score (nSPS) is 10.4. The molecule has 0 radical (unpaired) electrons. The van der Waals surface area contributed by atoms with Crippen molar-refractivity contribution in [1.29, 1.82) is 0 Å². The van der Waals surface area contributed by atoms with Gasteiger partial charge in [0.25, 0.3) is 0 Å². The van der Waals surface area contributed by atoms with Gasteiger partial charge in [0.1, 0.15) is 0 Å². The van der Waals surface area contributed by atoms with E-state index in [0.29, 0.717) is 12.8 Å². The van der Waals surface area contributed by atoms with E-state index in [1.807, 2.05) is 72.8 Å². The standard InChI is InChI=1S/C19H16N2O/c22-19-20-17(13-15-7-3-1-4-8-15)11-12-18(21-19)14-16-9-5-2-6-10-16/h1-12H,13-14H2. The molecule has 0 aliphatic heterocycles. The monoisotopic (exact) mass is 288 g/mol. The van der Waals surface area contributed by atoms with Crippen LogP contribution in [0.15, 0.2) is 77.6 Å². The Bertz CT molecular complexity index is 735. The molecular formula is C19H16N2O. The second-order valence-electron chi connectivity index (χ2n) is 5.15. The second-order valence-corrected chi connectivity index (χ2v) is 5.15. The molecule has 3 aromatic rings. The van der Waals surface area contributed by atoms with Gasteiger partial charge in [0.05, 0.1) is 11.4 Å². The molecule has 0 bridgehead atoms. The van der Waals surface area contributed by atoms with Gasteiger partial charge >= 0.3 is 5.69 Å². The van der Waals surface area contributed by atoms with Crippen molar-refractivity contribution >= 4 is 0 Å². The predicted octanol–water partition coefficient (Wildman–Crippen LogP) is 3.02. The average molecular weight is 288 g/mol. The van der Waals surface area contributed by atoms with Crippen molar-refractivity contribution in [1.82, 2.24) is 9.97 Å². The lowest BCUT2D eigenvalue weighted by atomic mass is 10.1. The molecule has 3 nitrogen and oxygen atoms in total. The fraction of sp³-hybridized carbons (Fsp3) is 0.105. The SMILES string of the molecule is O=c1nc(Cc2ccccc2)ccc(Cc2ccccc2)n1. The lowest BCUT2D eigenvalue weighted by molar-refractivity contribution is 0.986. The molecule has 0 aliphatic rings. The Hall–Kier alpha value is -2.81. The maximum Gasteiger partial charge on any atom is 0.367 e. The highest BCUT2D eigenvalue weighted by Gasteiger charge is 2.01. The lowest BCUT2D eigenvalue weighted by Gasteiger charge is -1.97. The van der Waals surface area contributed by atoms with Crippen LogP contribution in [-0.2, 0) is 12.8 Å². The number of hydrogen-bond acceptors (Lipinski definition) is 3. The fourth-order valence-corrected chi connectivity index (χ4v) is 2.34. The van der Waals surface area contributed by atoms with Crippen LogP contribution in [0.2, 0.25) is 0 Å². The Morgan fingerprint density at radius 1 is 0.591 bits per heavy atom. The van der Waals surface area contributed by atoms with Crippen molar-refractivity contribution < 1.29 is 0 Å². The summed E-state index contributed by atoms with van der Waals surface area (Å²) in [6.45, 7) is 0. The van der Waals surface area contributed by atoms with E-state index >= 15 is 0 Å². The molecular weight excluding hydrogens is 272 g/mol. The molecule has 0 aliphatic carbocycles. The summed E-state index contributed by atoms with van der Waals surface area (Å²) in [4.78, 5) is 20.0. The van der Waals surface area contributed by atoms with Crippen LogP contribution in [0.1, 0.15) is 22.5 Å². The third-order valence-corrected chi connectivity index (χ3v) is 3.40. The molecule has 1 heterocycles. The molecule has 1 aromatic heterocycles. The van der Waals surface area contributed by atoms with Crippen LogP contribution in [0.4, 0.5) is 0 Å². The van der Waals surface area contributed by atoms with Crippen molar-refractivity contribution in [2.45, 2.75) is 12.8 Å². The summed E-state index contributed by atoms with van der Waals surface area (Å²) in [5.41, 5.74) is 3.31. The quantitative estimate of drug-likeness (QED) is 0.741. The van der Waals surface area contributed by atoms with Crippen LogP contribution in [0, 0.1) is 0 Å². The first kappa shape index (κ1) is 14.1. The maximum absolute atomic E-state index is 11.9. The number of aromatic nitrogens is 2. The van der Waals surface area contributed by atoms with E-state index in [-0.39, 0.29) is 0 Å². The molecule has 0 N–H and O–H groups in total. The first-order valence-corrected chi connectivity index (χ1v) is 7.24. The lowest BCUT2D eigenvalue weighted by Crippen LogP contribution is -2.10. The van der Waals surface area contributed by atoms with Gasteiger partial charge in [0, 0.05) is 12.8 Å². The van der Waals surface area contributed by atoms with Gasteiger partial charge in [-0.25, -0.2) is 4.79 Å².